The summed E-state index contributed by atoms with van der Waals surface area (Å²) in [4.78, 5) is 11.5. The second-order valence-electron chi connectivity index (χ2n) is 2.99. The first kappa shape index (κ1) is 13.7. The van der Waals surface area contributed by atoms with Gasteiger partial charge in [0.25, 0.3) is 0 Å². The molecule has 15 heavy (non-hydrogen) atoms. The number of nitrogens with two attached hydrogens (primary N) is 1. The van der Waals surface area contributed by atoms with Crippen LogP contribution >= 0.6 is 0 Å². The van der Waals surface area contributed by atoms with E-state index in [2.05, 4.69) is 0 Å². The number of hydrogen-bond acceptors (Lipinski definition) is 4. The van der Waals surface area contributed by atoms with Crippen LogP contribution in [0.15, 0.2) is 24.3 Å². The predicted molar refractivity (Wildman–Crippen MR) is 61.7 cm³/mol. The lowest BCUT2D eigenvalue weighted by Crippen LogP contribution is -2.17. The molecule has 2 radical (unpaired) electrons. The zero-order valence-corrected chi connectivity index (χ0v) is 8.76. The number of likely N-dealkylation sites (N-methyl/N-ethyl adjacent to an activating group) is 1. The van der Waals surface area contributed by atoms with E-state index in [9.17, 15) is 4.79 Å². The van der Waals surface area contributed by atoms with E-state index in [0.29, 0.717) is 17.8 Å². The van der Waals surface area contributed by atoms with Crippen molar-refractivity contribution in [3.05, 3.63) is 29.8 Å². The van der Waals surface area contributed by atoms with Gasteiger partial charge in [-0.1, -0.05) is 12.1 Å². The van der Waals surface area contributed by atoms with Gasteiger partial charge in [0.05, 0.1) is 6.61 Å². The van der Waals surface area contributed by atoms with Crippen molar-refractivity contribution in [1.82, 2.24) is 4.81 Å². The van der Waals surface area contributed by atoms with Crippen LogP contribution in [0.25, 0.3) is 0 Å². The SMILES string of the molecule is Nc1cccc(C=O)c1.[B]N(C)CCO. The van der Waals surface area contributed by atoms with Crippen molar-refractivity contribution in [2.45, 2.75) is 0 Å². The number of carbonyl (C=O) groups is 1. The van der Waals surface area contributed by atoms with E-state index in [1.54, 1.807) is 31.3 Å². The average Bonchev–Trinajstić information content (AvgIpc) is 2.18. The molecule has 5 heteroatoms. The van der Waals surface area contributed by atoms with Crippen LogP contribution in [-0.4, -0.2) is 44.4 Å². The van der Waals surface area contributed by atoms with Crippen molar-refractivity contribution in [1.29, 1.82) is 0 Å². The van der Waals surface area contributed by atoms with Crippen molar-refractivity contribution >= 4 is 20.0 Å². The van der Waals surface area contributed by atoms with Gasteiger partial charge in [-0.3, -0.25) is 4.79 Å². The molecular formula is C10H15BN2O2. The summed E-state index contributed by atoms with van der Waals surface area (Å²) in [6, 6.07) is 6.84. The van der Waals surface area contributed by atoms with Crippen molar-refractivity contribution in [3.63, 3.8) is 0 Å². The number of nitrogen functional groups attached to an aromatic ring is 1. The van der Waals surface area contributed by atoms with Crippen molar-refractivity contribution < 1.29 is 9.90 Å². The summed E-state index contributed by atoms with van der Waals surface area (Å²) in [6.45, 7) is 0.674. The molecule has 1 aromatic rings. The fourth-order valence-corrected chi connectivity index (χ4v) is 0.790. The summed E-state index contributed by atoms with van der Waals surface area (Å²) in [7, 11) is 6.78. The number of rotatable bonds is 3. The largest absolute Gasteiger partial charge is 0.399 e. The van der Waals surface area contributed by atoms with E-state index < -0.39 is 0 Å². The Hall–Kier alpha value is -1.33. The molecule has 80 valence electrons. The fourth-order valence-electron chi connectivity index (χ4n) is 0.790. The third kappa shape index (κ3) is 7.72. The normalized spacial score (nSPS) is 9.27. The molecule has 0 aliphatic heterocycles. The molecular weight excluding hydrogens is 191 g/mol. The highest BCUT2D eigenvalue weighted by Crippen LogP contribution is 2.02. The summed E-state index contributed by atoms with van der Waals surface area (Å²) in [5, 5.41) is 8.12. The van der Waals surface area contributed by atoms with E-state index in [0.717, 1.165) is 6.29 Å². The number of benzene rings is 1. The number of carbonyl (C=O) groups excluding carboxylic acids is 1. The summed E-state index contributed by atoms with van der Waals surface area (Å²) in [5.74, 6) is 0. The standard InChI is InChI=1S/C7H7NO.C3H8BNO/c8-7-3-1-2-6(4-7)5-9;1-5(4)2-3-6/h1-5H,8H2;6H,2-3H2,1H3. The Labute approximate surface area is 91.1 Å². The second-order valence-corrected chi connectivity index (χ2v) is 2.99. The van der Waals surface area contributed by atoms with Gasteiger partial charge in [-0.2, -0.15) is 0 Å². The molecule has 0 heterocycles. The minimum Gasteiger partial charge on any atom is -0.399 e. The van der Waals surface area contributed by atoms with Crippen LogP contribution in [0.1, 0.15) is 10.4 Å². The lowest BCUT2D eigenvalue weighted by atomic mass is 10.2. The van der Waals surface area contributed by atoms with Gasteiger partial charge in [-0.15, -0.1) is 0 Å². The highest BCUT2D eigenvalue weighted by Gasteiger charge is 1.86. The first-order valence-corrected chi connectivity index (χ1v) is 4.47. The minimum atomic E-state index is 0.132. The smallest absolute Gasteiger partial charge is 0.182 e. The molecule has 0 bridgehead atoms. The Balaban J connectivity index is 0.000000288. The van der Waals surface area contributed by atoms with Crippen LogP contribution in [0.3, 0.4) is 0 Å². The maximum atomic E-state index is 10.1. The molecule has 0 saturated carbocycles. The lowest BCUT2D eigenvalue weighted by molar-refractivity contribution is 0.112. The zero-order valence-electron chi connectivity index (χ0n) is 8.76. The first-order valence-electron chi connectivity index (χ1n) is 4.47. The van der Waals surface area contributed by atoms with Gasteiger partial charge < -0.3 is 15.7 Å². The van der Waals surface area contributed by atoms with Gasteiger partial charge in [-0.25, -0.2) is 0 Å². The fraction of sp³-hybridized carbons (Fsp3) is 0.300. The van der Waals surface area contributed by atoms with Crippen LogP contribution < -0.4 is 5.73 Å². The highest BCUT2D eigenvalue weighted by atomic mass is 16.3. The van der Waals surface area contributed by atoms with Gasteiger partial charge in [0, 0.05) is 17.8 Å². The van der Waals surface area contributed by atoms with E-state index in [1.807, 2.05) is 0 Å². The summed E-state index contributed by atoms with van der Waals surface area (Å²) in [6.07, 6.45) is 0.774. The van der Waals surface area contributed by atoms with Gasteiger partial charge in [0.1, 0.15) is 6.29 Å². The third-order valence-electron chi connectivity index (χ3n) is 1.50. The minimum absolute atomic E-state index is 0.132. The molecule has 0 aliphatic rings. The molecule has 1 aromatic carbocycles. The average molecular weight is 206 g/mol. The molecule has 0 aromatic heterocycles. The number of aliphatic hydroxyl groups is 1. The quantitative estimate of drug-likeness (QED) is 0.417. The molecule has 0 aliphatic carbocycles. The highest BCUT2D eigenvalue weighted by molar-refractivity contribution is 6.04. The molecule has 0 spiro atoms. The van der Waals surface area contributed by atoms with Gasteiger partial charge in [0.2, 0.25) is 0 Å². The van der Waals surface area contributed by atoms with Gasteiger partial charge >= 0.3 is 0 Å². The topological polar surface area (TPSA) is 66.6 Å². The molecule has 3 N–H and O–H groups in total. The number of aldehydes is 1. The van der Waals surface area contributed by atoms with Crippen LogP contribution in [0.5, 0.6) is 0 Å². The van der Waals surface area contributed by atoms with Gasteiger partial charge in [0.15, 0.2) is 7.98 Å². The second kappa shape index (κ2) is 8.02. The van der Waals surface area contributed by atoms with Crippen LogP contribution in [0, 0.1) is 0 Å². The number of hydrogen-bond donors (Lipinski definition) is 2. The molecule has 0 atom stereocenters. The first-order chi connectivity index (χ1) is 7.10. The summed E-state index contributed by atoms with van der Waals surface area (Å²) >= 11 is 0. The van der Waals surface area contributed by atoms with E-state index in [1.165, 1.54) is 4.81 Å². The monoisotopic (exact) mass is 206 g/mol. The number of anilines is 1. The zero-order chi connectivity index (χ0) is 11.7. The lowest BCUT2D eigenvalue weighted by Gasteiger charge is -2.03. The Bertz CT molecular complexity index is 293. The Morgan fingerprint density at radius 3 is 2.53 bits per heavy atom. The van der Waals surface area contributed by atoms with Crippen molar-refractivity contribution in [2.24, 2.45) is 0 Å². The third-order valence-corrected chi connectivity index (χ3v) is 1.50. The number of nitrogens with zero attached hydrogens (tertiary/aromatic N) is 1. The van der Waals surface area contributed by atoms with E-state index in [-0.39, 0.29) is 6.61 Å². The van der Waals surface area contributed by atoms with E-state index in [4.69, 9.17) is 18.8 Å². The molecule has 0 saturated heterocycles. The Kier molecular flexibility index (Phi) is 7.31. The van der Waals surface area contributed by atoms with Crippen molar-refractivity contribution in [2.75, 3.05) is 25.9 Å². The van der Waals surface area contributed by atoms with Crippen LogP contribution in [0.2, 0.25) is 0 Å². The Morgan fingerprint density at radius 2 is 2.27 bits per heavy atom. The summed E-state index contributed by atoms with van der Waals surface area (Å²) < 4.78 is 0. The van der Waals surface area contributed by atoms with Crippen LogP contribution in [-0.2, 0) is 0 Å². The van der Waals surface area contributed by atoms with E-state index >= 15 is 0 Å². The maximum Gasteiger partial charge on any atom is 0.182 e. The molecule has 0 fully saturated rings. The van der Waals surface area contributed by atoms with Crippen LogP contribution in [0.4, 0.5) is 5.69 Å². The molecule has 0 unspecified atom stereocenters. The number of aliphatic hydroxyl groups excluding tert-OH is 1. The van der Waals surface area contributed by atoms with Gasteiger partial charge in [-0.05, 0) is 19.2 Å². The molecule has 0 amide bonds. The predicted octanol–water partition coefficient (Wildman–Crippen LogP) is 0.0753. The summed E-state index contributed by atoms with van der Waals surface area (Å²) in [5.41, 5.74) is 6.62. The maximum absolute atomic E-state index is 10.1. The molecule has 4 nitrogen and oxygen atoms in total. The Morgan fingerprint density at radius 1 is 1.60 bits per heavy atom. The molecule has 1 rings (SSSR count). The van der Waals surface area contributed by atoms with Crippen molar-refractivity contribution in [3.8, 4) is 0 Å².